The van der Waals surface area contributed by atoms with Crippen molar-refractivity contribution >= 4 is 38.4 Å². The number of fused-ring (bicyclic) bond motifs is 3. The largest absolute Gasteiger partial charge is 0.462 e. The van der Waals surface area contributed by atoms with Crippen molar-refractivity contribution in [1.29, 1.82) is 0 Å². The minimum Gasteiger partial charge on any atom is -0.462 e. The molecule has 4 rings (SSSR count). The molecule has 0 saturated heterocycles. The fraction of sp³-hybridized carbons (Fsp3) is 0.158. The summed E-state index contributed by atoms with van der Waals surface area (Å²) in [6.45, 7) is 2.06. The van der Waals surface area contributed by atoms with Crippen LogP contribution in [0.15, 0.2) is 36.4 Å². The van der Waals surface area contributed by atoms with E-state index in [2.05, 4.69) is 15.4 Å². The van der Waals surface area contributed by atoms with E-state index in [0.717, 1.165) is 16.3 Å². The van der Waals surface area contributed by atoms with Crippen molar-refractivity contribution in [2.75, 3.05) is 13.7 Å². The highest BCUT2D eigenvalue weighted by Crippen LogP contribution is 2.29. The second-order valence-corrected chi connectivity index (χ2v) is 6.92. The zero-order valence-corrected chi connectivity index (χ0v) is 15.8. The number of hydrogen-bond acceptors (Lipinski definition) is 6. The van der Waals surface area contributed by atoms with Crippen LogP contribution < -0.4 is 5.32 Å². The Kier molecular flexibility index (Phi) is 4.52. The first-order valence-corrected chi connectivity index (χ1v) is 9.32. The van der Waals surface area contributed by atoms with Crippen LogP contribution in [-0.4, -0.2) is 40.1 Å². The number of nitrogens with one attached hydrogen (secondary N) is 1. The maximum Gasteiger partial charge on any atom is 0.338 e. The van der Waals surface area contributed by atoms with E-state index in [0.29, 0.717) is 17.1 Å². The summed E-state index contributed by atoms with van der Waals surface area (Å²) in [5.74, 6) is -1.10. The molecular weight excluding hydrogens is 383 g/mol. The second kappa shape index (κ2) is 7.01. The van der Waals surface area contributed by atoms with Crippen LogP contribution >= 0.6 is 11.3 Å². The summed E-state index contributed by atoms with van der Waals surface area (Å²) in [4.78, 5) is 28.5. The van der Waals surface area contributed by atoms with E-state index in [1.165, 1.54) is 30.5 Å². The van der Waals surface area contributed by atoms with Crippen LogP contribution in [-0.2, 0) is 4.74 Å². The van der Waals surface area contributed by atoms with Crippen molar-refractivity contribution in [3.05, 3.63) is 53.3 Å². The molecule has 0 bridgehead atoms. The monoisotopic (exact) mass is 398 g/mol. The van der Waals surface area contributed by atoms with Crippen LogP contribution in [0.2, 0.25) is 0 Å². The van der Waals surface area contributed by atoms with Crippen LogP contribution in [0.1, 0.15) is 27.6 Å². The fourth-order valence-electron chi connectivity index (χ4n) is 2.83. The molecular formula is C19H15FN4O3S. The van der Waals surface area contributed by atoms with Gasteiger partial charge in [-0.3, -0.25) is 4.79 Å². The summed E-state index contributed by atoms with van der Waals surface area (Å²) in [5.41, 5.74) is 1.64. The molecule has 0 fully saturated rings. The van der Waals surface area contributed by atoms with E-state index < -0.39 is 5.82 Å². The number of carbonyl (C=O) groups excluding carboxylic acids is 2. The van der Waals surface area contributed by atoms with E-state index in [1.54, 1.807) is 29.6 Å². The van der Waals surface area contributed by atoms with Gasteiger partial charge in [-0.1, -0.05) is 11.3 Å². The van der Waals surface area contributed by atoms with Crippen molar-refractivity contribution < 1.29 is 18.7 Å². The Labute approximate surface area is 162 Å². The van der Waals surface area contributed by atoms with Crippen molar-refractivity contribution in [1.82, 2.24) is 19.9 Å². The highest BCUT2D eigenvalue weighted by atomic mass is 32.1. The van der Waals surface area contributed by atoms with Crippen molar-refractivity contribution in [2.24, 2.45) is 0 Å². The summed E-state index contributed by atoms with van der Waals surface area (Å²) < 4.78 is 21.9. The normalized spacial score (nSPS) is 11.1. The Morgan fingerprint density at radius 1 is 1.21 bits per heavy atom. The topological polar surface area (TPSA) is 85.6 Å². The lowest BCUT2D eigenvalue weighted by Gasteiger charge is -2.03. The Bertz CT molecular complexity index is 1230. The van der Waals surface area contributed by atoms with Crippen LogP contribution in [0.3, 0.4) is 0 Å². The zero-order chi connectivity index (χ0) is 19.8. The standard InChI is InChI=1S/C19H15FN4O3S/c1-3-27-18(26)11-5-7-14-15(9-11)28-19-22-16(23-24(14)19)12-6-4-10(8-13(12)20)17(25)21-2/h4-9H,3H2,1-2H3,(H,21,25). The van der Waals surface area contributed by atoms with Gasteiger partial charge < -0.3 is 10.1 Å². The minimum atomic E-state index is -0.576. The number of benzene rings is 2. The number of rotatable bonds is 4. The van der Waals surface area contributed by atoms with Crippen LogP contribution in [0.5, 0.6) is 0 Å². The van der Waals surface area contributed by atoms with Gasteiger partial charge in [-0.15, -0.1) is 5.10 Å². The summed E-state index contributed by atoms with van der Waals surface area (Å²) in [7, 11) is 1.48. The highest BCUT2D eigenvalue weighted by Gasteiger charge is 2.17. The average molecular weight is 398 g/mol. The number of hydrogen-bond donors (Lipinski definition) is 1. The number of halogens is 1. The van der Waals surface area contributed by atoms with Crippen molar-refractivity contribution in [3.63, 3.8) is 0 Å². The van der Waals surface area contributed by atoms with Gasteiger partial charge in [-0.05, 0) is 43.3 Å². The fourth-order valence-corrected chi connectivity index (χ4v) is 3.83. The minimum absolute atomic E-state index is 0.208. The van der Waals surface area contributed by atoms with Crippen molar-refractivity contribution in [3.8, 4) is 11.4 Å². The van der Waals surface area contributed by atoms with E-state index in [1.807, 2.05) is 0 Å². The first kappa shape index (κ1) is 18.1. The van der Waals surface area contributed by atoms with E-state index >= 15 is 0 Å². The molecule has 0 saturated carbocycles. The Morgan fingerprint density at radius 3 is 2.71 bits per heavy atom. The molecule has 0 radical (unpaired) electrons. The molecule has 0 aliphatic rings. The Balaban J connectivity index is 1.74. The van der Waals surface area contributed by atoms with Gasteiger partial charge in [0.25, 0.3) is 5.91 Å². The maximum atomic E-state index is 14.5. The summed E-state index contributed by atoms with van der Waals surface area (Å²) in [6.07, 6.45) is 0. The van der Waals surface area contributed by atoms with E-state index in [4.69, 9.17) is 4.74 Å². The van der Waals surface area contributed by atoms with Crippen LogP contribution in [0.4, 0.5) is 4.39 Å². The third kappa shape index (κ3) is 2.99. The smallest absolute Gasteiger partial charge is 0.338 e. The SMILES string of the molecule is CCOC(=O)c1ccc2c(c1)sc1nc(-c3ccc(C(=O)NC)cc3F)nn12. The Hall–Kier alpha value is -3.33. The summed E-state index contributed by atoms with van der Waals surface area (Å²) in [5, 5.41) is 6.85. The predicted octanol–water partition coefficient (Wildman–Crippen LogP) is 3.29. The maximum absolute atomic E-state index is 14.5. The second-order valence-electron chi connectivity index (χ2n) is 5.91. The molecule has 0 unspecified atom stereocenters. The molecule has 0 aliphatic carbocycles. The van der Waals surface area contributed by atoms with Crippen LogP contribution in [0.25, 0.3) is 26.6 Å². The molecule has 7 nitrogen and oxygen atoms in total. The number of thiazole rings is 1. The van der Waals surface area contributed by atoms with Gasteiger partial charge in [-0.2, -0.15) is 4.98 Å². The van der Waals surface area contributed by atoms with Crippen molar-refractivity contribution in [2.45, 2.75) is 6.92 Å². The van der Waals surface area contributed by atoms with Gasteiger partial charge in [-0.25, -0.2) is 13.7 Å². The molecule has 142 valence electrons. The van der Waals surface area contributed by atoms with Gasteiger partial charge in [0, 0.05) is 12.6 Å². The molecule has 28 heavy (non-hydrogen) atoms. The predicted molar refractivity (Wildman–Crippen MR) is 103 cm³/mol. The van der Waals surface area contributed by atoms with Gasteiger partial charge in [0.2, 0.25) is 4.96 Å². The zero-order valence-electron chi connectivity index (χ0n) is 15.0. The molecule has 1 amide bonds. The third-order valence-corrected chi connectivity index (χ3v) is 5.17. The quantitative estimate of drug-likeness (QED) is 0.533. The molecule has 0 atom stereocenters. The molecule has 2 aromatic heterocycles. The summed E-state index contributed by atoms with van der Waals surface area (Å²) in [6, 6.07) is 9.32. The average Bonchev–Trinajstić information content (AvgIpc) is 3.24. The first-order valence-electron chi connectivity index (χ1n) is 8.50. The van der Waals surface area contributed by atoms with E-state index in [9.17, 15) is 14.0 Å². The summed E-state index contributed by atoms with van der Waals surface area (Å²) >= 11 is 1.34. The Morgan fingerprint density at radius 2 is 2.00 bits per heavy atom. The van der Waals surface area contributed by atoms with Gasteiger partial charge in [0.1, 0.15) is 5.82 Å². The van der Waals surface area contributed by atoms with E-state index in [-0.39, 0.29) is 28.8 Å². The number of amides is 1. The number of carbonyl (C=O) groups is 2. The molecule has 4 aromatic rings. The third-order valence-electron chi connectivity index (χ3n) is 4.18. The molecule has 0 spiro atoms. The number of aromatic nitrogens is 3. The molecule has 0 aliphatic heterocycles. The van der Waals surface area contributed by atoms with Gasteiger partial charge in [0.05, 0.1) is 28.0 Å². The number of esters is 1. The first-order chi connectivity index (χ1) is 13.5. The lowest BCUT2D eigenvalue weighted by atomic mass is 10.1. The number of nitrogens with zero attached hydrogens (tertiary/aromatic N) is 3. The highest BCUT2D eigenvalue weighted by molar-refractivity contribution is 7.23. The molecule has 2 aromatic carbocycles. The molecule has 9 heteroatoms. The number of ether oxygens (including phenoxy) is 1. The van der Waals surface area contributed by atoms with Gasteiger partial charge >= 0.3 is 5.97 Å². The molecule has 1 N–H and O–H groups in total. The van der Waals surface area contributed by atoms with Crippen LogP contribution in [0, 0.1) is 5.82 Å². The lowest BCUT2D eigenvalue weighted by Crippen LogP contribution is -2.17. The lowest BCUT2D eigenvalue weighted by molar-refractivity contribution is 0.0526. The molecule has 2 heterocycles. The van der Waals surface area contributed by atoms with Gasteiger partial charge in [0.15, 0.2) is 5.82 Å².